The maximum Gasteiger partial charge on any atom is 0.337 e. The van der Waals surface area contributed by atoms with E-state index in [4.69, 9.17) is 4.74 Å². The monoisotopic (exact) mass is 741 g/mol. The number of ketones is 1. The van der Waals surface area contributed by atoms with Crippen molar-refractivity contribution in [3.8, 4) is 0 Å². The molecule has 0 spiro atoms. The van der Waals surface area contributed by atoms with Gasteiger partial charge in [0.1, 0.15) is 0 Å². The number of amides is 2. The number of hydrogen-bond donors (Lipinski definition) is 1. The van der Waals surface area contributed by atoms with E-state index in [1.165, 1.54) is 41.8 Å². The molecule has 1 aliphatic carbocycles. The fourth-order valence-electron chi connectivity index (χ4n) is 6.85. The molecule has 0 atom stereocenters. The number of carbonyl (C=O) groups excluding carboxylic acids is 4. The Morgan fingerprint density at radius 3 is 2.13 bits per heavy atom. The predicted molar refractivity (Wildman–Crippen MR) is 201 cm³/mol. The molecular weight excluding hydrogens is 699 g/mol. The summed E-state index contributed by atoms with van der Waals surface area (Å²) >= 11 is 1.51. The van der Waals surface area contributed by atoms with Crippen LogP contribution in [0, 0.1) is 0 Å². The van der Waals surface area contributed by atoms with Crippen molar-refractivity contribution in [3.63, 3.8) is 0 Å². The minimum Gasteiger partial charge on any atom is -0.465 e. The first-order chi connectivity index (χ1) is 25.0. The van der Waals surface area contributed by atoms with Crippen molar-refractivity contribution in [1.82, 2.24) is 9.21 Å². The molecule has 2 aliphatic rings. The SMILES string of the molecule is COC(=O)c1ccc(CCCc2ccc(NC(=O)c3c(CC(=O)c4cccc(S(=O)(=O)N5CCN(C(C)=O)CC5)c4)sc4c3CCCC4)cc2)cc1. The van der Waals surface area contributed by atoms with Gasteiger partial charge in [-0.2, -0.15) is 4.31 Å². The van der Waals surface area contributed by atoms with E-state index in [0.717, 1.165) is 66.5 Å². The Morgan fingerprint density at radius 1 is 0.827 bits per heavy atom. The van der Waals surface area contributed by atoms with Gasteiger partial charge in [0.25, 0.3) is 5.91 Å². The number of hydrogen-bond acceptors (Lipinski definition) is 8. The Balaban J connectivity index is 1.11. The number of benzene rings is 3. The van der Waals surface area contributed by atoms with Gasteiger partial charge >= 0.3 is 5.97 Å². The topological polar surface area (TPSA) is 130 Å². The maximum atomic E-state index is 13.9. The summed E-state index contributed by atoms with van der Waals surface area (Å²) in [5.74, 6) is -0.935. The average molecular weight is 742 g/mol. The predicted octanol–water partition coefficient (Wildman–Crippen LogP) is 6.12. The van der Waals surface area contributed by atoms with Crippen molar-refractivity contribution in [2.75, 3.05) is 38.6 Å². The molecule has 1 N–H and O–H groups in total. The van der Waals surface area contributed by atoms with Gasteiger partial charge in [-0.25, -0.2) is 13.2 Å². The van der Waals surface area contributed by atoms with Crippen LogP contribution in [0.25, 0.3) is 0 Å². The summed E-state index contributed by atoms with van der Waals surface area (Å²) in [7, 11) is -2.49. The van der Waals surface area contributed by atoms with E-state index in [2.05, 4.69) is 5.32 Å². The fourth-order valence-corrected chi connectivity index (χ4v) is 9.71. The van der Waals surface area contributed by atoms with Crippen LogP contribution >= 0.6 is 11.3 Å². The van der Waals surface area contributed by atoms with E-state index in [1.807, 2.05) is 36.4 Å². The van der Waals surface area contributed by atoms with Crippen LogP contribution in [0.5, 0.6) is 0 Å². The van der Waals surface area contributed by atoms with Gasteiger partial charge < -0.3 is 15.0 Å². The number of fused-ring (bicyclic) bond motifs is 1. The van der Waals surface area contributed by atoms with E-state index in [0.29, 0.717) is 34.8 Å². The second-order valence-electron chi connectivity index (χ2n) is 13.2. The van der Waals surface area contributed by atoms with Gasteiger partial charge in [0.15, 0.2) is 5.78 Å². The first-order valence-corrected chi connectivity index (χ1v) is 19.9. The molecule has 1 fully saturated rings. The summed E-state index contributed by atoms with van der Waals surface area (Å²) in [6, 6.07) is 21.4. The molecule has 0 saturated carbocycles. The lowest BCUT2D eigenvalue weighted by molar-refractivity contribution is -0.129. The zero-order valence-corrected chi connectivity index (χ0v) is 31.1. The van der Waals surface area contributed by atoms with E-state index in [9.17, 15) is 27.6 Å². The third kappa shape index (κ3) is 8.52. The number of rotatable bonds is 12. The van der Waals surface area contributed by atoms with Crippen molar-refractivity contribution in [2.24, 2.45) is 0 Å². The first-order valence-electron chi connectivity index (χ1n) is 17.6. The molecule has 10 nitrogen and oxygen atoms in total. The second-order valence-corrected chi connectivity index (χ2v) is 16.4. The third-order valence-corrected chi connectivity index (χ3v) is 13.0. The fraction of sp³-hybridized carbons (Fsp3) is 0.350. The van der Waals surface area contributed by atoms with Crippen LogP contribution in [0.4, 0.5) is 5.69 Å². The van der Waals surface area contributed by atoms with Gasteiger partial charge in [-0.15, -0.1) is 11.3 Å². The smallest absolute Gasteiger partial charge is 0.337 e. The number of aryl methyl sites for hydroxylation is 3. The van der Waals surface area contributed by atoms with Crippen molar-refractivity contribution in [1.29, 1.82) is 0 Å². The van der Waals surface area contributed by atoms with Crippen LogP contribution in [0.2, 0.25) is 0 Å². The number of anilines is 1. The lowest BCUT2D eigenvalue weighted by Gasteiger charge is -2.33. The van der Waals surface area contributed by atoms with Crippen molar-refractivity contribution < 1.29 is 32.3 Å². The number of sulfonamides is 1. The third-order valence-electron chi connectivity index (χ3n) is 9.79. The zero-order chi connectivity index (χ0) is 36.8. The lowest BCUT2D eigenvalue weighted by atomic mass is 9.93. The number of ether oxygens (including phenoxy) is 1. The highest BCUT2D eigenvalue weighted by Gasteiger charge is 2.31. The molecule has 12 heteroatoms. The molecule has 52 heavy (non-hydrogen) atoms. The Hall–Kier alpha value is -4.65. The molecule has 0 bridgehead atoms. The molecule has 2 amide bonds. The normalized spacial score (nSPS) is 14.8. The van der Waals surface area contributed by atoms with Crippen LogP contribution in [0.3, 0.4) is 0 Å². The molecule has 1 aliphatic heterocycles. The summed E-state index contributed by atoms with van der Waals surface area (Å²) in [6.45, 7) is 2.50. The number of thiophene rings is 1. The van der Waals surface area contributed by atoms with Gasteiger partial charge in [0, 0.05) is 60.5 Å². The Labute approximate surface area is 308 Å². The van der Waals surface area contributed by atoms with Crippen LogP contribution in [-0.2, 0) is 51.7 Å². The van der Waals surface area contributed by atoms with Crippen LogP contribution in [0.1, 0.15) is 83.7 Å². The molecule has 0 radical (unpaired) electrons. The number of esters is 1. The highest BCUT2D eigenvalue weighted by atomic mass is 32.2. The quantitative estimate of drug-likeness (QED) is 0.137. The van der Waals surface area contributed by atoms with Crippen molar-refractivity contribution in [2.45, 2.75) is 63.2 Å². The zero-order valence-electron chi connectivity index (χ0n) is 29.5. The average Bonchev–Trinajstić information content (AvgIpc) is 3.53. The molecule has 4 aromatic rings. The first kappa shape index (κ1) is 37.1. The van der Waals surface area contributed by atoms with Crippen LogP contribution in [0.15, 0.2) is 77.7 Å². The molecule has 1 aromatic heterocycles. The Bertz CT molecular complexity index is 2060. The highest BCUT2D eigenvalue weighted by molar-refractivity contribution is 7.89. The van der Waals surface area contributed by atoms with Gasteiger partial charge in [0.2, 0.25) is 15.9 Å². The Morgan fingerprint density at radius 2 is 1.48 bits per heavy atom. The molecule has 3 aromatic carbocycles. The number of piperazine rings is 1. The van der Waals surface area contributed by atoms with Crippen molar-refractivity contribution in [3.05, 3.63) is 116 Å². The van der Waals surface area contributed by atoms with Crippen LogP contribution in [-0.4, -0.2) is 74.5 Å². The van der Waals surface area contributed by atoms with E-state index >= 15 is 0 Å². The summed E-state index contributed by atoms with van der Waals surface area (Å²) in [6.07, 6.45) is 6.28. The van der Waals surface area contributed by atoms with Gasteiger partial charge in [0.05, 0.1) is 23.1 Å². The number of Topliss-reactive ketones (excluding diaryl/α,β-unsaturated/α-hetero) is 1. The number of carbonyl (C=O) groups is 4. The number of nitrogens with zero attached hydrogens (tertiary/aromatic N) is 2. The molecule has 0 unspecified atom stereocenters. The highest BCUT2D eigenvalue weighted by Crippen LogP contribution is 2.36. The van der Waals surface area contributed by atoms with E-state index < -0.39 is 10.0 Å². The van der Waals surface area contributed by atoms with Crippen LogP contribution < -0.4 is 5.32 Å². The molecular formula is C40H43N3O7S2. The summed E-state index contributed by atoms with van der Waals surface area (Å²) < 4.78 is 33.0. The molecule has 6 rings (SSSR count). The standard InChI is InChI=1S/C40H43N3O7S2/c1-27(44)42-21-23-43(24-22-42)52(48,49)33-10-6-9-31(25-33)35(45)26-37-38(34-11-3-4-12-36(34)51-37)39(46)41-32-19-15-29(16-20-32)8-5-7-28-13-17-30(18-14-28)40(47)50-2/h6,9-10,13-20,25H,3-5,7-8,11-12,21-24,26H2,1-2H3,(H,41,46). The number of methoxy groups -OCH3 is 1. The molecule has 1 saturated heterocycles. The molecule has 272 valence electrons. The lowest BCUT2D eigenvalue weighted by Crippen LogP contribution is -2.49. The second kappa shape index (κ2) is 16.4. The molecule has 2 heterocycles. The van der Waals surface area contributed by atoms with Crippen molar-refractivity contribution >= 4 is 50.6 Å². The largest absolute Gasteiger partial charge is 0.465 e. The van der Waals surface area contributed by atoms with E-state index in [-0.39, 0.29) is 53.5 Å². The van der Waals surface area contributed by atoms with Gasteiger partial charge in [-0.05, 0) is 98.0 Å². The van der Waals surface area contributed by atoms with Gasteiger partial charge in [-0.3, -0.25) is 14.4 Å². The Kier molecular flexibility index (Phi) is 11.7. The summed E-state index contributed by atoms with van der Waals surface area (Å²) in [5.41, 5.74) is 5.32. The number of nitrogens with one attached hydrogen (secondary N) is 1. The minimum atomic E-state index is -3.86. The maximum absolute atomic E-state index is 13.9. The van der Waals surface area contributed by atoms with Gasteiger partial charge in [-0.1, -0.05) is 36.4 Å². The summed E-state index contributed by atoms with van der Waals surface area (Å²) in [5, 5.41) is 3.06. The van der Waals surface area contributed by atoms with E-state index in [1.54, 1.807) is 29.2 Å². The summed E-state index contributed by atoms with van der Waals surface area (Å²) in [4.78, 5) is 54.4. The minimum absolute atomic E-state index is 0.00837.